The first-order chi connectivity index (χ1) is 5.83. The average molecular weight is 164 g/mol. The number of aromatic nitrogens is 2. The molecule has 0 aromatic carbocycles. The Kier molecular flexibility index (Phi) is 1.40. The number of nitrogens with zero attached hydrogens (tertiary/aromatic N) is 2. The molecule has 0 saturated carbocycles. The largest absolute Gasteiger partial charge is 0.294 e. The van der Waals surface area contributed by atoms with Crippen LogP contribution in [0.4, 0.5) is 4.39 Å². The second kappa shape index (κ2) is 2.41. The van der Waals surface area contributed by atoms with Crippen molar-refractivity contribution < 1.29 is 9.18 Å². The highest BCUT2D eigenvalue weighted by Crippen LogP contribution is 2.07. The molecule has 0 saturated heterocycles. The van der Waals surface area contributed by atoms with Gasteiger partial charge in [0.15, 0.2) is 18.1 Å². The Balaban J connectivity index is 2.91. The summed E-state index contributed by atoms with van der Waals surface area (Å²) in [5, 5.41) is 0. The summed E-state index contributed by atoms with van der Waals surface area (Å²) in [5.74, 6) is -0.393. The molecule has 0 spiro atoms. The highest BCUT2D eigenvalue weighted by molar-refractivity contribution is 5.72. The van der Waals surface area contributed by atoms with Gasteiger partial charge in [-0.05, 0) is 12.1 Å². The second-order valence-corrected chi connectivity index (χ2v) is 2.34. The number of imidazole rings is 1. The zero-order valence-corrected chi connectivity index (χ0v) is 6.07. The first-order valence-corrected chi connectivity index (χ1v) is 3.40. The lowest BCUT2D eigenvalue weighted by Crippen LogP contribution is -1.96. The summed E-state index contributed by atoms with van der Waals surface area (Å²) in [6, 6.07) is 4.53. The van der Waals surface area contributed by atoms with Gasteiger partial charge in [0.05, 0.1) is 11.7 Å². The van der Waals surface area contributed by atoms with Crippen molar-refractivity contribution in [3.63, 3.8) is 0 Å². The molecule has 0 aliphatic carbocycles. The topological polar surface area (TPSA) is 34.4 Å². The lowest BCUT2D eigenvalue weighted by molar-refractivity contribution is 0.111. The molecule has 0 N–H and O–H groups in total. The van der Waals surface area contributed by atoms with Crippen LogP contribution >= 0.6 is 0 Å². The van der Waals surface area contributed by atoms with E-state index in [0.717, 1.165) is 4.40 Å². The minimum absolute atomic E-state index is 0.0862. The fourth-order valence-corrected chi connectivity index (χ4v) is 1.11. The molecule has 0 unspecified atom stereocenters. The summed E-state index contributed by atoms with van der Waals surface area (Å²) in [4.78, 5) is 14.1. The Morgan fingerprint density at radius 2 is 2.33 bits per heavy atom. The van der Waals surface area contributed by atoms with Gasteiger partial charge >= 0.3 is 0 Å². The minimum atomic E-state index is -0.480. The number of aldehydes is 1. The number of fused-ring (bicyclic) bond motifs is 1. The summed E-state index contributed by atoms with van der Waals surface area (Å²) < 4.78 is 14.2. The molecule has 0 aliphatic rings. The van der Waals surface area contributed by atoms with Crippen LogP contribution in [0.15, 0.2) is 24.4 Å². The van der Waals surface area contributed by atoms with Crippen LogP contribution in [0.5, 0.6) is 0 Å². The first kappa shape index (κ1) is 6.97. The molecule has 3 nitrogen and oxygen atoms in total. The third-order valence-electron chi connectivity index (χ3n) is 1.64. The fraction of sp³-hybridized carbons (Fsp3) is 0. The second-order valence-electron chi connectivity index (χ2n) is 2.34. The molecule has 60 valence electrons. The van der Waals surface area contributed by atoms with E-state index in [1.54, 1.807) is 12.1 Å². The lowest BCUT2D eigenvalue weighted by atomic mass is 10.4. The van der Waals surface area contributed by atoms with Gasteiger partial charge in [-0.1, -0.05) is 6.07 Å². The maximum Gasteiger partial charge on any atom is 0.199 e. The molecule has 2 aromatic heterocycles. The van der Waals surface area contributed by atoms with Crippen molar-refractivity contribution in [2.24, 2.45) is 0 Å². The smallest absolute Gasteiger partial charge is 0.199 e. The molecule has 4 heteroatoms. The van der Waals surface area contributed by atoms with E-state index in [0.29, 0.717) is 11.8 Å². The van der Waals surface area contributed by atoms with Crippen molar-refractivity contribution in [1.82, 2.24) is 9.38 Å². The Hall–Kier alpha value is -1.71. The summed E-state index contributed by atoms with van der Waals surface area (Å²) in [5.41, 5.74) is 0.581. The number of carbonyl (C=O) groups is 1. The molecule has 0 bridgehead atoms. The van der Waals surface area contributed by atoms with E-state index in [-0.39, 0.29) is 5.82 Å². The fourth-order valence-electron chi connectivity index (χ4n) is 1.11. The molecule has 0 fully saturated rings. The summed E-state index contributed by atoms with van der Waals surface area (Å²) in [6.45, 7) is 0. The molecule has 0 amide bonds. The molecule has 2 aromatic rings. The lowest BCUT2D eigenvalue weighted by Gasteiger charge is -1.95. The van der Waals surface area contributed by atoms with Gasteiger partial charge < -0.3 is 0 Å². The van der Waals surface area contributed by atoms with Crippen LogP contribution < -0.4 is 0 Å². The van der Waals surface area contributed by atoms with Crippen molar-refractivity contribution in [1.29, 1.82) is 0 Å². The number of hydrogen-bond acceptors (Lipinski definition) is 2. The van der Waals surface area contributed by atoms with Crippen molar-refractivity contribution in [3.8, 4) is 0 Å². The maximum atomic E-state index is 13.0. The van der Waals surface area contributed by atoms with E-state index in [1.165, 1.54) is 12.3 Å². The predicted octanol–water partition coefficient (Wildman–Crippen LogP) is 1.29. The van der Waals surface area contributed by atoms with Crippen LogP contribution in [-0.4, -0.2) is 15.7 Å². The number of pyridine rings is 1. The van der Waals surface area contributed by atoms with E-state index in [9.17, 15) is 9.18 Å². The number of rotatable bonds is 1. The van der Waals surface area contributed by atoms with E-state index in [4.69, 9.17) is 0 Å². The number of carbonyl (C=O) groups excluding carboxylic acids is 1. The van der Waals surface area contributed by atoms with Gasteiger partial charge in [-0.2, -0.15) is 4.39 Å². The zero-order valence-electron chi connectivity index (χ0n) is 6.07. The monoisotopic (exact) mass is 164 g/mol. The Bertz CT molecular complexity index is 436. The zero-order chi connectivity index (χ0) is 8.55. The molecular weight excluding hydrogens is 159 g/mol. The third kappa shape index (κ3) is 0.812. The highest BCUT2D eigenvalue weighted by Gasteiger charge is 2.04. The normalized spacial score (nSPS) is 10.4. The summed E-state index contributed by atoms with van der Waals surface area (Å²) in [6.07, 6.45) is 1.98. The van der Waals surface area contributed by atoms with Crippen molar-refractivity contribution in [2.75, 3.05) is 0 Å². The van der Waals surface area contributed by atoms with Crippen LogP contribution in [0.1, 0.15) is 10.6 Å². The first-order valence-electron chi connectivity index (χ1n) is 3.40. The van der Waals surface area contributed by atoms with Crippen LogP contribution in [0.3, 0.4) is 0 Å². The molecular formula is C8H5FN2O. The SMILES string of the molecule is O=Cc1ncc2cccc(F)n12. The summed E-state index contributed by atoms with van der Waals surface area (Å²) in [7, 11) is 0. The van der Waals surface area contributed by atoms with Crippen LogP contribution in [0.2, 0.25) is 0 Å². The average Bonchev–Trinajstić information content (AvgIpc) is 2.49. The van der Waals surface area contributed by atoms with E-state index >= 15 is 0 Å². The van der Waals surface area contributed by atoms with Gasteiger partial charge in [0.25, 0.3) is 0 Å². The molecule has 2 rings (SSSR count). The van der Waals surface area contributed by atoms with E-state index in [1.807, 2.05) is 0 Å². The Labute approximate surface area is 67.5 Å². The van der Waals surface area contributed by atoms with Crippen LogP contribution in [-0.2, 0) is 0 Å². The van der Waals surface area contributed by atoms with Gasteiger partial charge in [0.1, 0.15) is 0 Å². The third-order valence-corrected chi connectivity index (χ3v) is 1.64. The maximum absolute atomic E-state index is 13.0. The molecule has 0 radical (unpaired) electrons. The quantitative estimate of drug-likeness (QED) is 0.470. The standard InChI is InChI=1S/C8H5FN2O/c9-7-3-1-2-6-4-10-8(5-12)11(6)7/h1-5H. The highest BCUT2D eigenvalue weighted by atomic mass is 19.1. The molecule has 0 atom stereocenters. The Morgan fingerprint density at radius 1 is 1.50 bits per heavy atom. The Morgan fingerprint density at radius 3 is 3.08 bits per heavy atom. The minimum Gasteiger partial charge on any atom is -0.294 e. The number of halogens is 1. The molecule has 0 aliphatic heterocycles. The van der Waals surface area contributed by atoms with E-state index < -0.39 is 5.95 Å². The van der Waals surface area contributed by atoms with Gasteiger partial charge in [-0.3, -0.25) is 9.20 Å². The molecule has 2 heterocycles. The van der Waals surface area contributed by atoms with E-state index in [2.05, 4.69) is 4.98 Å². The van der Waals surface area contributed by atoms with Gasteiger partial charge in [0, 0.05) is 0 Å². The van der Waals surface area contributed by atoms with Crippen molar-refractivity contribution >= 4 is 11.8 Å². The van der Waals surface area contributed by atoms with Gasteiger partial charge in [0.2, 0.25) is 0 Å². The summed E-state index contributed by atoms with van der Waals surface area (Å²) >= 11 is 0. The van der Waals surface area contributed by atoms with Gasteiger partial charge in [-0.15, -0.1) is 0 Å². The van der Waals surface area contributed by atoms with Crippen LogP contribution in [0.25, 0.3) is 5.52 Å². The number of hydrogen-bond donors (Lipinski definition) is 0. The van der Waals surface area contributed by atoms with Crippen molar-refractivity contribution in [3.05, 3.63) is 36.2 Å². The predicted molar refractivity (Wildman–Crippen MR) is 40.5 cm³/mol. The molecule has 12 heavy (non-hydrogen) atoms. The van der Waals surface area contributed by atoms with Crippen LogP contribution in [0, 0.1) is 5.95 Å². The van der Waals surface area contributed by atoms with Gasteiger partial charge in [-0.25, -0.2) is 4.98 Å². The van der Waals surface area contributed by atoms with Crippen molar-refractivity contribution in [2.45, 2.75) is 0 Å².